The van der Waals surface area contributed by atoms with Crippen molar-refractivity contribution in [1.29, 1.82) is 5.26 Å². The SMILES string of the molecule is CC(N)c1cc(Br)ccc1OCCC(C)(C)C#N. The molecule has 0 aliphatic heterocycles. The van der Waals surface area contributed by atoms with Crippen molar-refractivity contribution in [3.63, 3.8) is 0 Å². The van der Waals surface area contributed by atoms with E-state index in [1.54, 1.807) is 0 Å². The van der Waals surface area contributed by atoms with Gasteiger partial charge in [0.25, 0.3) is 0 Å². The van der Waals surface area contributed by atoms with Gasteiger partial charge in [-0.3, -0.25) is 0 Å². The van der Waals surface area contributed by atoms with Crippen LogP contribution < -0.4 is 10.5 Å². The fourth-order valence-corrected chi connectivity index (χ4v) is 1.86. The summed E-state index contributed by atoms with van der Waals surface area (Å²) in [5.41, 5.74) is 6.53. The molecule has 0 saturated heterocycles. The number of nitrogens with two attached hydrogens (primary N) is 1. The topological polar surface area (TPSA) is 59.0 Å². The highest BCUT2D eigenvalue weighted by molar-refractivity contribution is 9.10. The molecular formula is C14H19BrN2O. The highest BCUT2D eigenvalue weighted by atomic mass is 79.9. The third kappa shape index (κ3) is 4.32. The first kappa shape index (κ1) is 15.0. The van der Waals surface area contributed by atoms with E-state index in [1.165, 1.54) is 0 Å². The second-order valence-corrected chi connectivity index (χ2v) is 5.98. The van der Waals surface area contributed by atoms with Crippen LogP contribution in [-0.4, -0.2) is 6.61 Å². The van der Waals surface area contributed by atoms with E-state index < -0.39 is 0 Å². The number of nitriles is 1. The average Bonchev–Trinajstić information content (AvgIpc) is 2.30. The molecule has 0 saturated carbocycles. The third-order valence-electron chi connectivity index (χ3n) is 2.75. The average molecular weight is 311 g/mol. The lowest BCUT2D eigenvalue weighted by molar-refractivity contribution is 0.261. The van der Waals surface area contributed by atoms with Crippen molar-refractivity contribution in [2.45, 2.75) is 33.2 Å². The molecule has 0 amide bonds. The molecule has 1 unspecified atom stereocenters. The number of rotatable bonds is 5. The van der Waals surface area contributed by atoms with Crippen LogP contribution in [0.25, 0.3) is 0 Å². The first-order chi connectivity index (χ1) is 8.35. The minimum Gasteiger partial charge on any atom is -0.493 e. The molecule has 1 atom stereocenters. The lowest BCUT2D eigenvalue weighted by atomic mass is 9.92. The largest absolute Gasteiger partial charge is 0.493 e. The highest BCUT2D eigenvalue weighted by Crippen LogP contribution is 2.28. The Morgan fingerprint density at radius 2 is 2.17 bits per heavy atom. The van der Waals surface area contributed by atoms with E-state index in [-0.39, 0.29) is 11.5 Å². The summed E-state index contributed by atoms with van der Waals surface area (Å²) in [5, 5.41) is 8.94. The van der Waals surface area contributed by atoms with E-state index in [0.29, 0.717) is 13.0 Å². The first-order valence-electron chi connectivity index (χ1n) is 5.95. The number of ether oxygens (including phenoxy) is 1. The molecule has 0 spiro atoms. The summed E-state index contributed by atoms with van der Waals surface area (Å²) in [6.07, 6.45) is 0.692. The van der Waals surface area contributed by atoms with Gasteiger partial charge in [-0.15, -0.1) is 0 Å². The predicted octanol–water partition coefficient (Wildman–Crippen LogP) is 3.79. The zero-order chi connectivity index (χ0) is 13.8. The summed E-state index contributed by atoms with van der Waals surface area (Å²) < 4.78 is 6.72. The first-order valence-corrected chi connectivity index (χ1v) is 6.74. The Morgan fingerprint density at radius 1 is 1.50 bits per heavy atom. The quantitative estimate of drug-likeness (QED) is 0.900. The van der Waals surface area contributed by atoms with E-state index in [1.807, 2.05) is 39.0 Å². The lowest BCUT2D eigenvalue weighted by Gasteiger charge is -2.18. The summed E-state index contributed by atoms with van der Waals surface area (Å²) in [5.74, 6) is 0.793. The van der Waals surface area contributed by atoms with Gasteiger partial charge in [0.2, 0.25) is 0 Å². The van der Waals surface area contributed by atoms with Crippen molar-refractivity contribution >= 4 is 15.9 Å². The van der Waals surface area contributed by atoms with Crippen molar-refractivity contribution in [1.82, 2.24) is 0 Å². The number of nitrogens with zero attached hydrogens (tertiary/aromatic N) is 1. The van der Waals surface area contributed by atoms with Gasteiger partial charge in [-0.1, -0.05) is 15.9 Å². The van der Waals surface area contributed by atoms with Gasteiger partial charge in [0, 0.05) is 16.1 Å². The minimum absolute atomic E-state index is 0.0820. The molecule has 1 aromatic rings. The van der Waals surface area contributed by atoms with Crippen LogP contribution >= 0.6 is 15.9 Å². The number of hydrogen-bond donors (Lipinski definition) is 1. The summed E-state index contributed by atoms with van der Waals surface area (Å²) >= 11 is 3.42. The fraction of sp³-hybridized carbons (Fsp3) is 0.500. The Bertz CT molecular complexity index is 450. The molecule has 2 N–H and O–H groups in total. The van der Waals surface area contributed by atoms with Gasteiger partial charge in [-0.2, -0.15) is 5.26 Å². The van der Waals surface area contributed by atoms with E-state index >= 15 is 0 Å². The molecular weight excluding hydrogens is 292 g/mol. The van der Waals surface area contributed by atoms with Gasteiger partial charge in [0.05, 0.1) is 18.1 Å². The molecule has 1 aromatic carbocycles. The molecule has 0 bridgehead atoms. The van der Waals surface area contributed by atoms with Crippen LogP contribution in [0.4, 0.5) is 0 Å². The Kier molecular flexibility index (Phi) is 5.18. The fourth-order valence-electron chi connectivity index (χ4n) is 1.48. The van der Waals surface area contributed by atoms with Gasteiger partial charge in [0.15, 0.2) is 0 Å². The van der Waals surface area contributed by atoms with E-state index in [4.69, 9.17) is 15.7 Å². The Morgan fingerprint density at radius 3 is 2.72 bits per heavy atom. The van der Waals surface area contributed by atoms with Crippen LogP contribution in [0.1, 0.15) is 38.8 Å². The smallest absolute Gasteiger partial charge is 0.124 e. The molecule has 0 aliphatic rings. The van der Waals surface area contributed by atoms with Gasteiger partial charge in [0.1, 0.15) is 5.75 Å². The molecule has 0 aliphatic carbocycles. The van der Waals surface area contributed by atoms with Gasteiger partial charge in [-0.05, 0) is 45.4 Å². The van der Waals surface area contributed by atoms with Crippen molar-refractivity contribution in [3.8, 4) is 11.8 Å². The highest BCUT2D eigenvalue weighted by Gasteiger charge is 2.17. The molecule has 0 heterocycles. The summed E-state index contributed by atoms with van der Waals surface area (Å²) in [6.45, 7) is 6.25. The van der Waals surface area contributed by atoms with Crippen LogP contribution in [0.3, 0.4) is 0 Å². The van der Waals surface area contributed by atoms with Gasteiger partial charge < -0.3 is 10.5 Å². The van der Waals surface area contributed by atoms with Crippen LogP contribution in [0.5, 0.6) is 5.75 Å². The van der Waals surface area contributed by atoms with Gasteiger partial charge in [-0.25, -0.2) is 0 Å². The van der Waals surface area contributed by atoms with Crippen molar-refractivity contribution in [2.24, 2.45) is 11.1 Å². The number of halogens is 1. The Balaban J connectivity index is 2.71. The maximum absolute atomic E-state index is 8.94. The summed E-state index contributed by atoms with van der Waals surface area (Å²) in [4.78, 5) is 0. The van der Waals surface area contributed by atoms with E-state index in [0.717, 1.165) is 15.8 Å². The zero-order valence-corrected chi connectivity index (χ0v) is 12.6. The van der Waals surface area contributed by atoms with E-state index in [2.05, 4.69) is 22.0 Å². The third-order valence-corrected chi connectivity index (χ3v) is 3.24. The van der Waals surface area contributed by atoms with Crippen molar-refractivity contribution in [3.05, 3.63) is 28.2 Å². The van der Waals surface area contributed by atoms with E-state index in [9.17, 15) is 0 Å². The monoisotopic (exact) mass is 310 g/mol. The minimum atomic E-state index is -0.357. The van der Waals surface area contributed by atoms with Crippen LogP contribution in [-0.2, 0) is 0 Å². The van der Waals surface area contributed by atoms with Crippen LogP contribution in [0.2, 0.25) is 0 Å². The Hall–Kier alpha value is -1.05. The second-order valence-electron chi connectivity index (χ2n) is 5.06. The van der Waals surface area contributed by atoms with Crippen LogP contribution in [0.15, 0.2) is 22.7 Å². The molecule has 0 radical (unpaired) electrons. The van der Waals surface area contributed by atoms with Gasteiger partial charge >= 0.3 is 0 Å². The molecule has 98 valence electrons. The maximum atomic E-state index is 8.94. The maximum Gasteiger partial charge on any atom is 0.124 e. The second kappa shape index (κ2) is 6.21. The van der Waals surface area contributed by atoms with Crippen molar-refractivity contribution < 1.29 is 4.74 Å². The summed E-state index contributed by atoms with van der Waals surface area (Å²) in [6, 6.07) is 7.98. The number of hydrogen-bond acceptors (Lipinski definition) is 3. The molecule has 0 fully saturated rings. The predicted molar refractivity (Wildman–Crippen MR) is 76.3 cm³/mol. The summed E-state index contributed by atoms with van der Waals surface area (Å²) in [7, 11) is 0. The normalized spacial score (nSPS) is 12.9. The van der Waals surface area contributed by atoms with Crippen molar-refractivity contribution in [2.75, 3.05) is 6.61 Å². The standard InChI is InChI=1S/C14H19BrN2O/c1-10(17)12-8-11(15)4-5-13(12)18-7-6-14(2,3)9-16/h4-5,8,10H,6-7,17H2,1-3H3. The zero-order valence-electron chi connectivity index (χ0n) is 11.0. The Labute approximate surface area is 117 Å². The molecule has 0 aromatic heterocycles. The molecule has 18 heavy (non-hydrogen) atoms. The molecule has 4 heteroatoms. The molecule has 1 rings (SSSR count). The lowest BCUT2D eigenvalue weighted by Crippen LogP contribution is -2.14. The number of benzene rings is 1. The van der Waals surface area contributed by atoms with Crippen LogP contribution in [0, 0.1) is 16.7 Å². The molecule has 3 nitrogen and oxygen atoms in total.